The lowest BCUT2D eigenvalue weighted by atomic mass is 9.96. The Kier molecular flexibility index (Phi) is 4.53. The van der Waals surface area contributed by atoms with Crippen LogP contribution in [0.1, 0.15) is 25.2 Å². The molecule has 0 aliphatic heterocycles. The molecule has 0 saturated carbocycles. The lowest BCUT2D eigenvalue weighted by Crippen LogP contribution is -2.15. The maximum absolute atomic E-state index is 5.79. The van der Waals surface area contributed by atoms with Gasteiger partial charge < -0.3 is 10.7 Å². The molecule has 0 radical (unpaired) electrons. The average molecular weight is 319 g/mol. The summed E-state index contributed by atoms with van der Waals surface area (Å²) in [7, 11) is 0. The molecule has 2 heterocycles. The molecule has 5 nitrogen and oxygen atoms in total. The quantitative estimate of drug-likeness (QED) is 0.909. The number of aromatic amines is 1. The zero-order chi connectivity index (χ0) is 17.1. The molecule has 2 aromatic rings. The van der Waals surface area contributed by atoms with E-state index in [2.05, 4.69) is 26.0 Å². The number of allylic oxidation sites excluding steroid dienone is 6. The van der Waals surface area contributed by atoms with Crippen molar-refractivity contribution in [2.75, 3.05) is 0 Å². The van der Waals surface area contributed by atoms with Crippen molar-refractivity contribution < 1.29 is 0 Å². The minimum absolute atomic E-state index is 0.230. The Bertz CT molecular complexity index is 865. The zero-order valence-electron chi connectivity index (χ0n) is 14.1. The molecule has 0 spiro atoms. The Balaban J connectivity index is 2.02. The summed E-state index contributed by atoms with van der Waals surface area (Å²) in [6.07, 6.45) is 9.58. The molecule has 0 aromatic carbocycles. The molecule has 3 N–H and O–H groups in total. The predicted molar refractivity (Wildman–Crippen MR) is 98.5 cm³/mol. The number of aryl methyl sites for hydroxylation is 1. The van der Waals surface area contributed by atoms with Crippen molar-refractivity contribution in [3.63, 3.8) is 0 Å². The Morgan fingerprint density at radius 2 is 2.12 bits per heavy atom. The Hall–Kier alpha value is -2.79. The van der Waals surface area contributed by atoms with Crippen molar-refractivity contribution in [1.82, 2.24) is 15.0 Å². The molecular weight excluding hydrogens is 298 g/mol. The van der Waals surface area contributed by atoms with Crippen LogP contribution in [0.4, 0.5) is 0 Å². The Morgan fingerprint density at radius 3 is 2.83 bits per heavy atom. The third-order valence-corrected chi connectivity index (χ3v) is 3.74. The van der Waals surface area contributed by atoms with Crippen LogP contribution in [0.15, 0.2) is 59.4 Å². The molecule has 1 aliphatic rings. The number of imidazole rings is 1. The van der Waals surface area contributed by atoms with Gasteiger partial charge in [0.05, 0.1) is 35.3 Å². The molecule has 1 atom stereocenters. The largest absolute Gasteiger partial charge is 0.343 e. The molecule has 122 valence electrons. The maximum atomic E-state index is 5.79. The molecule has 24 heavy (non-hydrogen) atoms. The van der Waals surface area contributed by atoms with E-state index < -0.39 is 0 Å². The van der Waals surface area contributed by atoms with Crippen molar-refractivity contribution in [2.24, 2.45) is 10.7 Å². The van der Waals surface area contributed by atoms with Crippen molar-refractivity contribution in [2.45, 2.75) is 26.9 Å². The van der Waals surface area contributed by atoms with Crippen molar-refractivity contribution in [1.29, 1.82) is 0 Å². The SMILES string of the molecule is C/C=C1/C=C(c2nc[nH]c2-c2cccc(C)n2)C=CC1=NC(C)N. The molecule has 0 bridgehead atoms. The van der Waals surface area contributed by atoms with Gasteiger partial charge in [0.15, 0.2) is 0 Å². The highest BCUT2D eigenvalue weighted by molar-refractivity contribution is 6.15. The Morgan fingerprint density at radius 1 is 1.29 bits per heavy atom. The van der Waals surface area contributed by atoms with E-state index in [1.54, 1.807) is 6.33 Å². The number of hydrogen-bond donors (Lipinski definition) is 2. The number of H-pyrrole nitrogens is 1. The first kappa shape index (κ1) is 16.1. The smallest absolute Gasteiger partial charge is 0.0977 e. The number of rotatable bonds is 3. The highest BCUT2D eigenvalue weighted by Gasteiger charge is 2.16. The van der Waals surface area contributed by atoms with Crippen molar-refractivity contribution in [3.05, 3.63) is 65.8 Å². The van der Waals surface area contributed by atoms with E-state index in [0.717, 1.165) is 39.6 Å². The van der Waals surface area contributed by atoms with Crippen LogP contribution < -0.4 is 5.73 Å². The van der Waals surface area contributed by atoms with E-state index in [9.17, 15) is 0 Å². The van der Waals surface area contributed by atoms with Crippen LogP contribution in [0.5, 0.6) is 0 Å². The zero-order valence-corrected chi connectivity index (χ0v) is 14.1. The standard InChI is InChI=1S/C19H21N5/c1-4-14-10-15(8-9-16(14)24-13(3)20)18-19(22-11-21-18)17-7-5-6-12(2)23-17/h4-11,13H,20H2,1-3H3,(H,21,22)/b14-4-,24-16?. The molecule has 0 amide bonds. The summed E-state index contributed by atoms with van der Waals surface area (Å²) < 4.78 is 0. The summed E-state index contributed by atoms with van der Waals surface area (Å²) in [5.74, 6) is 0. The van der Waals surface area contributed by atoms with Gasteiger partial charge in [0.2, 0.25) is 0 Å². The number of pyridine rings is 1. The first-order valence-corrected chi connectivity index (χ1v) is 7.96. The fourth-order valence-corrected chi connectivity index (χ4v) is 2.66. The van der Waals surface area contributed by atoms with Crippen LogP contribution in [0.25, 0.3) is 17.0 Å². The van der Waals surface area contributed by atoms with Crippen LogP contribution in [-0.2, 0) is 0 Å². The number of nitrogens with two attached hydrogens (primary N) is 1. The molecule has 5 heteroatoms. The number of aliphatic imine (C=N–C) groups is 1. The second-order valence-electron chi connectivity index (χ2n) is 5.72. The Labute approximate surface area is 141 Å². The second-order valence-corrected chi connectivity index (χ2v) is 5.72. The number of nitrogens with zero attached hydrogens (tertiary/aromatic N) is 3. The minimum atomic E-state index is -0.230. The van der Waals surface area contributed by atoms with Crippen LogP contribution in [0.3, 0.4) is 0 Å². The third-order valence-electron chi connectivity index (χ3n) is 3.74. The highest BCUT2D eigenvalue weighted by Crippen LogP contribution is 2.29. The molecular formula is C19H21N5. The van der Waals surface area contributed by atoms with Gasteiger partial charge in [-0.05, 0) is 50.6 Å². The molecule has 3 rings (SSSR count). The van der Waals surface area contributed by atoms with Crippen LogP contribution in [0.2, 0.25) is 0 Å². The van der Waals surface area contributed by atoms with E-state index in [0.29, 0.717) is 0 Å². The lowest BCUT2D eigenvalue weighted by Gasteiger charge is -2.13. The van der Waals surface area contributed by atoms with Crippen LogP contribution >= 0.6 is 0 Å². The molecule has 1 aliphatic carbocycles. The van der Waals surface area contributed by atoms with Gasteiger partial charge >= 0.3 is 0 Å². The number of nitrogens with one attached hydrogen (secondary N) is 1. The predicted octanol–water partition coefficient (Wildman–Crippen LogP) is 3.43. The molecule has 0 saturated heterocycles. The van der Waals surface area contributed by atoms with E-state index in [-0.39, 0.29) is 6.17 Å². The first-order chi connectivity index (χ1) is 11.6. The van der Waals surface area contributed by atoms with Crippen molar-refractivity contribution in [3.8, 4) is 11.4 Å². The normalized spacial score (nSPS) is 18.9. The van der Waals surface area contributed by atoms with Gasteiger partial charge in [-0.3, -0.25) is 9.98 Å². The topological polar surface area (TPSA) is 80.0 Å². The highest BCUT2D eigenvalue weighted by atomic mass is 14.9. The fourth-order valence-electron chi connectivity index (χ4n) is 2.66. The van der Waals surface area contributed by atoms with E-state index in [1.807, 2.05) is 57.2 Å². The summed E-state index contributed by atoms with van der Waals surface area (Å²) in [4.78, 5) is 16.7. The number of aromatic nitrogens is 3. The molecule has 0 fully saturated rings. The van der Waals surface area contributed by atoms with Crippen molar-refractivity contribution >= 4 is 11.3 Å². The van der Waals surface area contributed by atoms with Gasteiger partial charge in [0.1, 0.15) is 0 Å². The van der Waals surface area contributed by atoms with Gasteiger partial charge in [-0.2, -0.15) is 0 Å². The van der Waals surface area contributed by atoms with Gasteiger partial charge in [-0.1, -0.05) is 18.2 Å². The van der Waals surface area contributed by atoms with Crippen LogP contribution in [-0.4, -0.2) is 26.8 Å². The van der Waals surface area contributed by atoms with Gasteiger partial charge in [0, 0.05) is 11.3 Å². The van der Waals surface area contributed by atoms with E-state index >= 15 is 0 Å². The summed E-state index contributed by atoms with van der Waals surface area (Å²) in [6.45, 7) is 5.84. The third kappa shape index (κ3) is 3.26. The summed E-state index contributed by atoms with van der Waals surface area (Å²) >= 11 is 0. The fraction of sp³-hybridized carbons (Fsp3) is 0.211. The summed E-state index contributed by atoms with van der Waals surface area (Å²) in [6, 6.07) is 5.96. The van der Waals surface area contributed by atoms with Gasteiger partial charge in [-0.15, -0.1) is 0 Å². The average Bonchev–Trinajstić information content (AvgIpc) is 3.04. The molecule has 2 aromatic heterocycles. The maximum Gasteiger partial charge on any atom is 0.0977 e. The summed E-state index contributed by atoms with van der Waals surface area (Å²) in [5.41, 5.74) is 12.4. The lowest BCUT2D eigenvalue weighted by molar-refractivity contribution is 0.794. The monoisotopic (exact) mass is 319 g/mol. The number of hydrogen-bond acceptors (Lipinski definition) is 4. The van der Waals surface area contributed by atoms with Gasteiger partial charge in [0.25, 0.3) is 0 Å². The minimum Gasteiger partial charge on any atom is -0.343 e. The first-order valence-electron chi connectivity index (χ1n) is 7.96. The summed E-state index contributed by atoms with van der Waals surface area (Å²) in [5, 5.41) is 0. The molecule has 1 unspecified atom stereocenters. The van der Waals surface area contributed by atoms with E-state index in [1.165, 1.54) is 0 Å². The van der Waals surface area contributed by atoms with E-state index in [4.69, 9.17) is 5.73 Å². The van der Waals surface area contributed by atoms with Gasteiger partial charge in [-0.25, -0.2) is 4.98 Å². The van der Waals surface area contributed by atoms with Crippen LogP contribution in [0, 0.1) is 6.92 Å². The second kappa shape index (κ2) is 6.76.